The topological polar surface area (TPSA) is 59.4 Å². The lowest BCUT2D eigenvalue weighted by Crippen LogP contribution is -2.49. The van der Waals surface area contributed by atoms with Crippen molar-refractivity contribution in [1.82, 2.24) is 20.0 Å². The molecule has 2 aromatic rings. The molecule has 2 amide bonds. The molecule has 9 heteroatoms. The van der Waals surface area contributed by atoms with E-state index in [9.17, 15) is 18.0 Å². The van der Waals surface area contributed by atoms with E-state index in [1.165, 1.54) is 22.8 Å². The average molecular weight is 394 g/mol. The molecule has 6 nitrogen and oxygen atoms in total. The van der Waals surface area contributed by atoms with Gasteiger partial charge in [0.1, 0.15) is 5.75 Å². The summed E-state index contributed by atoms with van der Waals surface area (Å²) in [7, 11) is 3.13. The first-order valence-corrected chi connectivity index (χ1v) is 9.00. The maximum Gasteiger partial charge on any atom is 0.413 e. The third-order valence-corrected chi connectivity index (χ3v) is 5.54. The Morgan fingerprint density at radius 1 is 1.36 bits per heavy atom. The van der Waals surface area contributed by atoms with Crippen molar-refractivity contribution in [3.05, 3.63) is 47.3 Å². The van der Waals surface area contributed by atoms with E-state index >= 15 is 0 Å². The zero-order chi connectivity index (χ0) is 20.1. The highest BCUT2D eigenvalue weighted by Crippen LogP contribution is 2.53. The number of fused-ring (bicyclic) bond motifs is 2. The van der Waals surface area contributed by atoms with E-state index in [0.717, 1.165) is 35.9 Å². The summed E-state index contributed by atoms with van der Waals surface area (Å²) in [6.45, 7) is 0.668. The summed E-state index contributed by atoms with van der Waals surface area (Å²) in [4.78, 5) is 14.2. The highest BCUT2D eigenvalue weighted by atomic mass is 19.4. The number of aromatic nitrogens is 2. The molecule has 1 saturated carbocycles. The first-order valence-electron chi connectivity index (χ1n) is 9.00. The molecule has 150 valence electrons. The molecule has 1 aliphatic heterocycles. The van der Waals surface area contributed by atoms with Gasteiger partial charge in [-0.15, -0.1) is 0 Å². The molecule has 0 saturated heterocycles. The second-order valence-corrected chi connectivity index (χ2v) is 7.53. The molecule has 1 aromatic heterocycles. The van der Waals surface area contributed by atoms with Crippen LogP contribution in [-0.4, -0.2) is 40.5 Å². The van der Waals surface area contributed by atoms with Gasteiger partial charge in [-0.1, -0.05) is 6.07 Å². The number of ether oxygens (including phenoxy) is 1. The fraction of sp³-hybridized carbons (Fsp3) is 0.474. The molecule has 2 aliphatic rings. The number of amides is 2. The molecule has 1 unspecified atom stereocenters. The normalized spacial score (nSPS) is 18.5. The van der Waals surface area contributed by atoms with E-state index < -0.39 is 18.2 Å². The molecule has 0 radical (unpaired) electrons. The molecule has 1 fully saturated rings. The maximum absolute atomic E-state index is 13.5. The largest absolute Gasteiger partial charge is 0.497 e. The van der Waals surface area contributed by atoms with E-state index in [0.29, 0.717) is 6.54 Å². The smallest absolute Gasteiger partial charge is 0.413 e. The fourth-order valence-electron chi connectivity index (χ4n) is 3.91. The van der Waals surface area contributed by atoms with Gasteiger partial charge in [0.2, 0.25) is 0 Å². The number of alkyl halides is 3. The summed E-state index contributed by atoms with van der Waals surface area (Å²) in [5.74, 6) is 0.747. The summed E-state index contributed by atoms with van der Waals surface area (Å²) >= 11 is 0. The summed E-state index contributed by atoms with van der Waals surface area (Å²) in [6.07, 6.45) is -0.418. The van der Waals surface area contributed by atoms with Crippen molar-refractivity contribution in [3.63, 3.8) is 0 Å². The van der Waals surface area contributed by atoms with Crippen LogP contribution in [0.4, 0.5) is 18.0 Å². The highest BCUT2D eigenvalue weighted by Gasteiger charge is 2.51. The van der Waals surface area contributed by atoms with Crippen LogP contribution in [0.15, 0.2) is 30.6 Å². The van der Waals surface area contributed by atoms with Gasteiger partial charge in [0.05, 0.1) is 13.3 Å². The lowest BCUT2D eigenvalue weighted by atomic mass is 9.87. The number of hydrogen-bond donors (Lipinski definition) is 1. The van der Waals surface area contributed by atoms with Crippen molar-refractivity contribution in [2.45, 2.75) is 37.0 Å². The number of halogens is 3. The van der Waals surface area contributed by atoms with Crippen molar-refractivity contribution in [3.8, 4) is 5.75 Å². The van der Waals surface area contributed by atoms with Gasteiger partial charge in [-0.3, -0.25) is 4.68 Å². The lowest BCUT2D eigenvalue weighted by molar-refractivity contribution is -0.155. The number of hydrogen-bond acceptors (Lipinski definition) is 3. The van der Waals surface area contributed by atoms with Gasteiger partial charge < -0.3 is 15.0 Å². The predicted molar refractivity (Wildman–Crippen MR) is 94.9 cm³/mol. The van der Waals surface area contributed by atoms with Gasteiger partial charge in [0.25, 0.3) is 0 Å². The fourth-order valence-corrected chi connectivity index (χ4v) is 3.91. The van der Waals surface area contributed by atoms with E-state index in [1.807, 2.05) is 18.2 Å². The van der Waals surface area contributed by atoms with Gasteiger partial charge in [-0.2, -0.15) is 18.3 Å². The number of aryl methyl sites for hydroxylation is 1. The van der Waals surface area contributed by atoms with Gasteiger partial charge in [-0.05, 0) is 36.1 Å². The van der Waals surface area contributed by atoms with Crippen LogP contribution < -0.4 is 10.1 Å². The van der Waals surface area contributed by atoms with Gasteiger partial charge in [-0.25, -0.2) is 4.79 Å². The number of rotatable bonds is 3. The van der Waals surface area contributed by atoms with E-state index in [2.05, 4.69) is 10.4 Å². The molecule has 4 rings (SSSR count). The summed E-state index contributed by atoms with van der Waals surface area (Å²) in [5, 5.41) is 5.95. The summed E-state index contributed by atoms with van der Waals surface area (Å²) in [6, 6.07) is 2.85. The lowest BCUT2D eigenvalue weighted by Gasteiger charge is -2.36. The Morgan fingerprint density at radius 2 is 2.11 bits per heavy atom. The van der Waals surface area contributed by atoms with Crippen molar-refractivity contribution in [2.75, 3.05) is 13.7 Å². The van der Waals surface area contributed by atoms with Crippen LogP contribution in [0, 0.1) is 0 Å². The minimum atomic E-state index is -4.61. The molecule has 1 aromatic carbocycles. The minimum Gasteiger partial charge on any atom is -0.497 e. The predicted octanol–water partition coefficient (Wildman–Crippen LogP) is 3.29. The van der Waals surface area contributed by atoms with Crippen LogP contribution in [0.5, 0.6) is 5.75 Å². The van der Waals surface area contributed by atoms with Crippen molar-refractivity contribution in [1.29, 1.82) is 0 Å². The number of nitrogens with zero attached hydrogens (tertiary/aromatic N) is 3. The number of methoxy groups -OCH3 is 1. The number of urea groups is 1. The van der Waals surface area contributed by atoms with Gasteiger partial charge >= 0.3 is 12.2 Å². The van der Waals surface area contributed by atoms with E-state index in [1.54, 1.807) is 7.11 Å². The highest BCUT2D eigenvalue weighted by molar-refractivity contribution is 5.76. The monoisotopic (exact) mass is 394 g/mol. The zero-order valence-corrected chi connectivity index (χ0v) is 15.6. The van der Waals surface area contributed by atoms with Gasteiger partial charge in [0, 0.05) is 37.3 Å². The second-order valence-electron chi connectivity index (χ2n) is 7.53. The minimum absolute atomic E-state index is 0.0911. The third kappa shape index (κ3) is 3.29. The zero-order valence-electron chi connectivity index (χ0n) is 15.6. The van der Waals surface area contributed by atoms with Crippen LogP contribution in [-0.2, 0) is 19.0 Å². The van der Waals surface area contributed by atoms with Crippen molar-refractivity contribution < 1.29 is 22.7 Å². The van der Waals surface area contributed by atoms with Gasteiger partial charge in [0.15, 0.2) is 6.04 Å². The molecule has 1 atom stereocenters. The van der Waals surface area contributed by atoms with Crippen LogP contribution >= 0.6 is 0 Å². The molecule has 2 heterocycles. The molecule has 1 aliphatic carbocycles. The van der Waals surface area contributed by atoms with Crippen LogP contribution in [0.3, 0.4) is 0 Å². The SMILES string of the molecule is COc1ccc2c(c1)C1(CC1)CN(C(=O)NC(c1cnn(C)c1)C(F)(F)F)C2. The quantitative estimate of drug-likeness (QED) is 0.869. The Morgan fingerprint density at radius 3 is 2.68 bits per heavy atom. The van der Waals surface area contributed by atoms with Crippen molar-refractivity contribution >= 4 is 6.03 Å². The molecule has 0 bridgehead atoms. The number of benzene rings is 1. The van der Waals surface area contributed by atoms with Crippen LogP contribution in [0.1, 0.15) is 35.6 Å². The summed E-state index contributed by atoms with van der Waals surface area (Å²) in [5.41, 5.74) is 1.81. The second kappa shape index (κ2) is 6.42. The van der Waals surface area contributed by atoms with Crippen LogP contribution in [0.2, 0.25) is 0 Å². The first-order chi connectivity index (χ1) is 13.2. The third-order valence-electron chi connectivity index (χ3n) is 5.54. The van der Waals surface area contributed by atoms with E-state index in [-0.39, 0.29) is 17.5 Å². The van der Waals surface area contributed by atoms with Crippen molar-refractivity contribution in [2.24, 2.45) is 7.05 Å². The Hall–Kier alpha value is -2.71. The Bertz CT molecular complexity index is 905. The Balaban J connectivity index is 1.56. The number of carbonyl (C=O) groups excluding carboxylic acids is 1. The Kier molecular flexibility index (Phi) is 4.28. The van der Waals surface area contributed by atoms with Crippen LogP contribution in [0.25, 0.3) is 0 Å². The molecule has 1 spiro atoms. The molecular weight excluding hydrogens is 373 g/mol. The molecule has 1 N–H and O–H groups in total. The maximum atomic E-state index is 13.5. The first kappa shape index (κ1) is 18.6. The summed E-state index contributed by atoms with van der Waals surface area (Å²) < 4.78 is 47.2. The molecule has 28 heavy (non-hydrogen) atoms. The number of carbonyl (C=O) groups is 1. The number of nitrogens with one attached hydrogen (secondary N) is 1. The molecular formula is C19H21F3N4O2. The Labute approximate surface area is 160 Å². The average Bonchev–Trinajstić information content (AvgIpc) is 3.28. The standard InChI is InChI=1S/C19H21F3N4O2/c1-25-9-13(8-23-25)16(19(20,21)22)24-17(27)26-10-12-3-4-14(28-2)7-15(12)18(11-26)5-6-18/h3-4,7-9,16H,5-6,10-11H2,1-2H3,(H,24,27). The van der Waals surface area contributed by atoms with E-state index in [4.69, 9.17) is 4.74 Å².